The molecule has 0 atom stereocenters. The molecule has 8 fully saturated rings. The fourth-order valence-corrected chi connectivity index (χ4v) is 18.9. The summed E-state index contributed by atoms with van der Waals surface area (Å²) in [7, 11) is 0. The molecule has 8 bridgehead atoms. The van der Waals surface area contributed by atoms with Gasteiger partial charge in [0, 0.05) is 0 Å². The van der Waals surface area contributed by atoms with Gasteiger partial charge >= 0.3 is 240 Å². The zero-order valence-corrected chi connectivity index (χ0v) is 36.2. The van der Waals surface area contributed by atoms with Crippen molar-refractivity contribution in [3.05, 3.63) is 139 Å². The van der Waals surface area contributed by atoms with Gasteiger partial charge in [0.25, 0.3) is 0 Å². The number of nitrogens with zero attached hydrogens (tertiary/aromatic N) is 2. The number of anilines is 3. The molecule has 2 nitrogen and oxygen atoms in total. The van der Waals surface area contributed by atoms with Crippen LogP contribution in [-0.2, 0) is 10.8 Å². The summed E-state index contributed by atoms with van der Waals surface area (Å²) in [6.07, 6.45) is 17.4. The molecule has 4 heteroatoms. The van der Waals surface area contributed by atoms with Crippen LogP contribution in [0.25, 0.3) is 27.5 Å². The van der Waals surface area contributed by atoms with Gasteiger partial charge in [-0.2, -0.15) is 0 Å². The third-order valence-corrected chi connectivity index (χ3v) is 20.4. The van der Waals surface area contributed by atoms with E-state index in [1.165, 1.54) is 147 Å². The Morgan fingerprint density at radius 3 is 1.60 bits per heavy atom. The second-order valence-corrected chi connectivity index (χ2v) is 23.6. The first-order valence-corrected chi connectivity index (χ1v) is 25.2. The molecule has 0 radical (unpaired) electrons. The Hall–Kier alpha value is -4.50. The van der Waals surface area contributed by atoms with Crippen LogP contribution in [0.3, 0.4) is 0 Å². The summed E-state index contributed by atoms with van der Waals surface area (Å²) < 4.78 is 5.70. The third-order valence-electron chi connectivity index (χ3n) is 17.9. The van der Waals surface area contributed by atoms with E-state index < -0.39 is 0 Å². The number of para-hydroxylation sites is 1. The zero-order chi connectivity index (χ0) is 38.9. The van der Waals surface area contributed by atoms with Gasteiger partial charge in [0.1, 0.15) is 0 Å². The van der Waals surface area contributed by atoms with Crippen LogP contribution in [0.1, 0.15) is 88.2 Å². The summed E-state index contributed by atoms with van der Waals surface area (Å²) in [5.41, 5.74) is 16.4. The molecule has 8 aliphatic carbocycles. The normalized spacial score (nSPS) is 31.2. The second kappa shape index (κ2) is 12.1. The Bertz CT molecular complexity index is 2790. The van der Waals surface area contributed by atoms with Gasteiger partial charge in [-0.05, 0) is 123 Å². The Morgan fingerprint density at radius 1 is 0.450 bits per heavy atom. The minimum atomic E-state index is 0.232. The molecule has 294 valence electrons. The van der Waals surface area contributed by atoms with E-state index in [0.29, 0.717) is 10.8 Å². The summed E-state index contributed by atoms with van der Waals surface area (Å²) in [5, 5.41) is 2.97. The number of hydrogen-bond donors (Lipinski definition) is 0. The molecule has 0 saturated heterocycles. The van der Waals surface area contributed by atoms with E-state index in [4.69, 9.17) is 0 Å². The molecule has 0 unspecified atom stereocenters. The fourth-order valence-electron chi connectivity index (χ4n) is 16.5. The molecular weight excluding hydrogens is 790 g/mol. The average molecular weight is 842 g/mol. The molecule has 3 heterocycles. The molecule has 17 rings (SSSR count). The summed E-state index contributed by atoms with van der Waals surface area (Å²) in [6.45, 7) is 0.232. The van der Waals surface area contributed by atoms with Crippen molar-refractivity contribution in [1.29, 1.82) is 0 Å². The van der Waals surface area contributed by atoms with Gasteiger partial charge < -0.3 is 0 Å². The first-order valence-electron chi connectivity index (χ1n) is 23.5. The Balaban J connectivity index is 0.956. The van der Waals surface area contributed by atoms with Gasteiger partial charge in [-0.3, -0.25) is 0 Å². The Morgan fingerprint density at radius 2 is 1.00 bits per heavy atom. The van der Waals surface area contributed by atoms with E-state index in [0.717, 1.165) is 35.5 Å². The number of hydrogen-bond acceptors (Lipinski definition) is 1. The van der Waals surface area contributed by atoms with Crippen LogP contribution in [0.5, 0.6) is 0 Å². The van der Waals surface area contributed by atoms with Gasteiger partial charge in [-0.1, -0.05) is 0 Å². The van der Waals surface area contributed by atoms with Crippen LogP contribution in [0, 0.1) is 35.5 Å². The van der Waals surface area contributed by atoms with Crippen molar-refractivity contribution < 1.29 is 0 Å². The molecule has 2 aliphatic heterocycles. The van der Waals surface area contributed by atoms with Crippen LogP contribution < -0.4 is 30.2 Å². The number of fused-ring (bicyclic) bond motifs is 7. The first-order chi connectivity index (χ1) is 29.5. The molecular formula is C56H51BN2Se. The molecule has 60 heavy (non-hydrogen) atoms. The molecule has 10 aliphatic rings. The summed E-state index contributed by atoms with van der Waals surface area (Å²) in [4.78, 5) is 2.59. The van der Waals surface area contributed by atoms with E-state index in [2.05, 4.69) is 137 Å². The van der Waals surface area contributed by atoms with E-state index in [1.54, 1.807) is 11.1 Å². The quantitative estimate of drug-likeness (QED) is 0.160. The zero-order valence-electron chi connectivity index (χ0n) is 34.5. The minimum absolute atomic E-state index is 0.232. The molecule has 7 aromatic rings. The standard InChI is InChI=1S/C56H51BN2Se/c1-2-7-42(8-3-1)58-50-10-6-12-53-54(50)57(47-9-4-5-11-52(47)60-53)46-16-15-43(27-51(46)58)59-48-17-13-40(55-28-34-19-35(29-55)21-36(20-34)30-55)25-44(48)45-26-41(14-18-49(45)59)56-31-37-22-38(32-56)24-39(23-37)33-56/h1-18,25-27,34-39H,19-24,28-33H2. The van der Waals surface area contributed by atoms with Crippen molar-refractivity contribution in [1.82, 2.24) is 4.57 Å². The van der Waals surface area contributed by atoms with Gasteiger partial charge in [0.15, 0.2) is 0 Å². The van der Waals surface area contributed by atoms with E-state index in [1.807, 2.05) is 0 Å². The monoisotopic (exact) mass is 842 g/mol. The van der Waals surface area contributed by atoms with Crippen LogP contribution in [0.2, 0.25) is 0 Å². The van der Waals surface area contributed by atoms with Gasteiger partial charge in [0.05, 0.1) is 0 Å². The third kappa shape index (κ3) is 4.68. The molecule has 8 saturated carbocycles. The van der Waals surface area contributed by atoms with Crippen molar-refractivity contribution in [3.8, 4) is 5.69 Å². The molecule has 6 aromatic carbocycles. The summed E-state index contributed by atoms with van der Waals surface area (Å²) in [5.74, 6) is 5.65. The van der Waals surface area contributed by atoms with Gasteiger partial charge in [-0.25, -0.2) is 0 Å². The first kappa shape index (κ1) is 34.1. The van der Waals surface area contributed by atoms with Crippen LogP contribution >= 0.6 is 0 Å². The maximum atomic E-state index is 2.73. The number of aromatic nitrogens is 1. The van der Waals surface area contributed by atoms with Gasteiger partial charge in [-0.15, -0.1) is 0 Å². The van der Waals surface area contributed by atoms with Crippen molar-refractivity contribution in [2.24, 2.45) is 35.5 Å². The van der Waals surface area contributed by atoms with Crippen LogP contribution in [-0.4, -0.2) is 26.2 Å². The topological polar surface area (TPSA) is 8.17 Å². The number of benzene rings is 6. The Labute approximate surface area is 361 Å². The van der Waals surface area contributed by atoms with E-state index >= 15 is 0 Å². The Kier molecular flexibility index (Phi) is 6.89. The van der Waals surface area contributed by atoms with Crippen LogP contribution in [0.15, 0.2) is 127 Å². The SMILES string of the molecule is c1ccc(N2c3cc(-n4c5ccc(C67CC8CC(CC(C8)C6)C7)cc5c5cc(C67CC8CC(CC(C8)C6)C7)ccc54)ccc3B3c4ccccc4[Se]c4cccc2c43)cc1. The molecule has 0 N–H and O–H groups in total. The molecule has 0 amide bonds. The van der Waals surface area contributed by atoms with E-state index in [9.17, 15) is 0 Å². The van der Waals surface area contributed by atoms with E-state index in [-0.39, 0.29) is 21.7 Å². The van der Waals surface area contributed by atoms with Crippen molar-refractivity contribution in [3.63, 3.8) is 0 Å². The summed E-state index contributed by atoms with van der Waals surface area (Å²) >= 11 is 0.283. The number of rotatable bonds is 4. The maximum absolute atomic E-state index is 2.73. The summed E-state index contributed by atoms with van der Waals surface area (Å²) in [6, 6.07) is 50.9. The fraction of sp³-hybridized carbons (Fsp3) is 0.357. The average Bonchev–Trinajstić information content (AvgIpc) is 3.59. The van der Waals surface area contributed by atoms with Crippen molar-refractivity contribution in [2.45, 2.75) is 87.9 Å². The predicted molar refractivity (Wildman–Crippen MR) is 251 cm³/mol. The van der Waals surface area contributed by atoms with Crippen molar-refractivity contribution >= 4 is 85.8 Å². The second-order valence-electron chi connectivity index (χ2n) is 21.4. The molecule has 1 aromatic heterocycles. The van der Waals surface area contributed by atoms with Crippen LogP contribution in [0.4, 0.5) is 17.1 Å². The van der Waals surface area contributed by atoms with Crippen molar-refractivity contribution in [2.75, 3.05) is 4.90 Å². The molecule has 0 spiro atoms. The van der Waals surface area contributed by atoms with Gasteiger partial charge in [0.2, 0.25) is 0 Å². The predicted octanol–water partition coefficient (Wildman–Crippen LogP) is 9.99.